The summed E-state index contributed by atoms with van der Waals surface area (Å²) in [6, 6.07) is 6.40. The summed E-state index contributed by atoms with van der Waals surface area (Å²) in [7, 11) is 0. The molecule has 1 rings (SSSR count). The molecule has 0 spiro atoms. The van der Waals surface area contributed by atoms with Crippen LogP contribution in [0.1, 0.15) is 5.56 Å². The molecule has 4 nitrogen and oxygen atoms in total. The third-order valence-electron chi connectivity index (χ3n) is 1.51. The van der Waals surface area contributed by atoms with Crippen LogP contribution in [0.2, 0.25) is 0 Å². The van der Waals surface area contributed by atoms with Crippen molar-refractivity contribution >= 4 is 18.0 Å². The minimum absolute atomic E-state index is 0.0561. The molecule has 0 bridgehead atoms. The summed E-state index contributed by atoms with van der Waals surface area (Å²) in [6.45, 7) is 0. The number of hydrogen-bond acceptors (Lipinski definition) is 3. The number of nitrogens with one attached hydrogen (secondary N) is 1. The van der Waals surface area contributed by atoms with Gasteiger partial charge in [-0.3, -0.25) is 10.1 Å². The average molecular weight is 176 g/mol. The first-order valence-corrected chi connectivity index (χ1v) is 3.66. The summed E-state index contributed by atoms with van der Waals surface area (Å²) >= 11 is 0. The predicted octanol–water partition coefficient (Wildman–Crippen LogP) is 2.26. The molecule has 0 saturated heterocycles. The fraction of sp³-hybridized carbons (Fsp3) is 0. The van der Waals surface area contributed by atoms with Crippen molar-refractivity contribution in [2.75, 3.05) is 0 Å². The van der Waals surface area contributed by atoms with Gasteiger partial charge in [0.25, 0.3) is 5.69 Å². The highest BCUT2D eigenvalue weighted by molar-refractivity contribution is 5.77. The Morgan fingerprint density at radius 3 is 2.69 bits per heavy atom. The molecule has 0 aliphatic carbocycles. The third-order valence-corrected chi connectivity index (χ3v) is 1.51. The van der Waals surface area contributed by atoms with E-state index in [1.54, 1.807) is 18.2 Å². The number of nitro benzene ring substituents is 1. The van der Waals surface area contributed by atoms with Gasteiger partial charge < -0.3 is 5.41 Å². The Balaban J connectivity index is 3.11. The molecule has 1 N–H and O–H groups in total. The molecule has 0 radical (unpaired) electrons. The van der Waals surface area contributed by atoms with Crippen LogP contribution in [0.25, 0.3) is 6.08 Å². The summed E-state index contributed by atoms with van der Waals surface area (Å²) in [5.74, 6) is 0. The van der Waals surface area contributed by atoms with Gasteiger partial charge in [0.2, 0.25) is 0 Å². The van der Waals surface area contributed by atoms with E-state index >= 15 is 0 Å². The normalized spacial score (nSPS) is 10.2. The van der Waals surface area contributed by atoms with Gasteiger partial charge in [-0.25, -0.2) is 0 Å². The van der Waals surface area contributed by atoms with E-state index < -0.39 is 4.92 Å². The van der Waals surface area contributed by atoms with Crippen molar-refractivity contribution < 1.29 is 4.92 Å². The van der Waals surface area contributed by atoms with Crippen molar-refractivity contribution in [1.29, 1.82) is 5.41 Å². The van der Waals surface area contributed by atoms with Crippen LogP contribution in [0.5, 0.6) is 0 Å². The minimum Gasteiger partial charge on any atom is -0.309 e. The second kappa shape index (κ2) is 4.15. The molecule has 13 heavy (non-hydrogen) atoms. The van der Waals surface area contributed by atoms with Crippen molar-refractivity contribution in [1.82, 2.24) is 0 Å². The quantitative estimate of drug-likeness (QED) is 0.436. The van der Waals surface area contributed by atoms with E-state index in [0.29, 0.717) is 5.56 Å². The number of nitro groups is 1. The van der Waals surface area contributed by atoms with Gasteiger partial charge in [-0.2, -0.15) is 0 Å². The van der Waals surface area contributed by atoms with Crippen LogP contribution in [0, 0.1) is 15.5 Å². The molecule has 0 aliphatic heterocycles. The molecule has 1 aromatic rings. The summed E-state index contributed by atoms with van der Waals surface area (Å²) < 4.78 is 0. The van der Waals surface area contributed by atoms with Gasteiger partial charge in [-0.15, -0.1) is 0 Å². The first kappa shape index (κ1) is 9.12. The monoisotopic (exact) mass is 176 g/mol. The molecule has 0 unspecified atom stereocenters. The number of allylic oxidation sites excluding steroid dienone is 1. The Labute approximate surface area is 75.2 Å². The van der Waals surface area contributed by atoms with Crippen LogP contribution >= 0.6 is 0 Å². The smallest absolute Gasteiger partial charge is 0.276 e. The molecule has 1 aromatic carbocycles. The topological polar surface area (TPSA) is 67.0 Å². The zero-order chi connectivity index (χ0) is 9.68. The maximum atomic E-state index is 10.5. The Morgan fingerprint density at radius 1 is 1.38 bits per heavy atom. The predicted molar refractivity (Wildman–Crippen MR) is 50.9 cm³/mol. The largest absolute Gasteiger partial charge is 0.309 e. The number of rotatable bonds is 3. The Morgan fingerprint density at radius 2 is 2.08 bits per heavy atom. The fourth-order valence-electron chi connectivity index (χ4n) is 0.947. The molecule has 0 heterocycles. The van der Waals surface area contributed by atoms with Crippen LogP contribution in [0.3, 0.4) is 0 Å². The number of nitrogens with zero attached hydrogens (tertiary/aromatic N) is 1. The molecule has 0 aliphatic rings. The van der Waals surface area contributed by atoms with E-state index in [0.717, 1.165) is 6.21 Å². The van der Waals surface area contributed by atoms with E-state index in [1.165, 1.54) is 18.2 Å². The van der Waals surface area contributed by atoms with Crippen molar-refractivity contribution in [2.24, 2.45) is 0 Å². The lowest BCUT2D eigenvalue weighted by atomic mass is 10.2. The fourth-order valence-corrected chi connectivity index (χ4v) is 0.947. The van der Waals surface area contributed by atoms with Crippen LogP contribution in [0.4, 0.5) is 5.69 Å². The first-order chi connectivity index (χ1) is 6.25. The summed E-state index contributed by atoms with van der Waals surface area (Å²) in [5.41, 5.74) is 0.566. The van der Waals surface area contributed by atoms with Gasteiger partial charge in [-0.05, 0) is 18.2 Å². The minimum atomic E-state index is -0.441. The Kier molecular flexibility index (Phi) is 2.92. The lowest BCUT2D eigenvalue weighted by molar-refractivity contribution is -0.385. The van der Waals surface area contributed by atoms with E-state index in [-0.39, 0.29) is 5.69 Å². The molecule has 0 saturated carbocycles. The third kappa shape index (κ3) is 2.23. The molecule has 0 amide bonds. The van der Waals surface area contributed by atoms with Gasteiger partial charge >= 0.3 is 0 Å². The Bertz CT molecular complexity index is 358. The van der Waals surface area contributed by atoms with E-state index in [4.69, 9.17) is 5.41 Å². The highest BCUT2D eigenvalue weighted by Crippen LogP contribution is 2.18. The molecule has 4 heteroatoms. The van der Waals surface area contributed by atoms with Crippen molar-refractivity contribution in [2.45, 2.75) is 0 Å². The van der Waals surface area contributed by atoms with Gasteiger partial charge in [0.1, 0.15) is 0 Å². The zero-order valence-electron chi connectivity index (χ0n) is 6.81. The van der Waals surface area contributed by atoms with Gasteiger partial charge in [0.15, 0.2) is 0 Å². The van der Waals surface area contributed by atoms with Crippen LogP contribution < -0.4 is 0 Å². The maximum Gasteiger partial charge on any atom is 0.276 e. The molecule has 0 fully saturated rings. The lowest BCUT2D eigenvalue weighted by Crippen LogP contribution is -1.90. The van der Waals surface area contributed by atoms with Crippen LogP contribution in [-0.2, 0) is 0 Å². The second-order valence-electron chi connectivity index (χ2n) is 2.34. The standard InChI is InChI=1S/C9H8N2O2/c10-7-3-5-8-4-1-2-6-9(8)11(12)13/h1-7,10H/b5-3+,10-7?. The van der Waals surface area contributed by atoms with Gasteiger partial charge in [0, 0.05) is 12.3 Å². The van der Waals surface area contributed by atoms with E-state index in [2.05, 4.69) is 0 Å². The molecule has 66 valence electrons. The number of benzene rings is 1. The summed E-state index contributed by atoms with van der Waals surface area (Å²) in [5, 5.41) is 17.2. The highest BCUT2D eigenvalue weighted by Gasteiger charge is 2.08. The maximum absolute atomic E-state index is 10.5. The first-order valence-electron chi connectivity index (χ1n) is 3.66. The SMILES string of the molecule is N=C/C=C/c1ccccc1[N+](=O)[O-]. The molecule has 0 atom stereocenters. The van der Waals surface area contributed by atoms with Crippen molar-refractivity contribution in [3.8, 4) is 0 Å². The second-order valence-corrected chi connectivity index (χ2v) is 2.34. The van der Waals surface area contributed by atoms with Crippen molar-refractivity contribution in [3.63, 3.8) is 0 Å². The highest BCUT2D eigenvalue weighted by atomic mass is 16.6. The van der Waals surface area contributed by atoms with E-state index in [9.17, 15) is 10.1 Å². The van der Waals surface area contributed by atoms with Gasteiger partial charge in [-0.1, -0.05) is 12.1 Å². The zero-order valence-corrected chi connectivity index (χ0v) is 6.81. The summed E-state index contributed by atoms with van der Waals surface area (Å²) in [6.07, 6.45) is 4.06. The van der Waals surface area contributed by atoms with Crippen LogP contribution in [0.15, 0.2) is 30.3 Å². The molecular weight excluding hydrogens is 168 g/mol. The lowest BCUT2D eigenvalue weighted by Gasteiger charge is -1.94. The van der Waals surface area contributed by atoms with Gasteiger partial charge in [0.05, 0.1) is 10.5 Å². The van der Waals surface area contributed by atoms with Crippen molar-refractivity contribution in [3.05, 3.63) is 46.0 Å². The molecular formula is C9H8N2O2. The summed E-state index contributed by atoms with van der Waals surface area (Å²) in [4.78, 5) is 10.1. The Hall–Kier alpha value is -1.97. The number of hydrogen-bond donors (Lipinski definition) is 1. The molecule has 0 aromatic heterocycles. The van der Waals surface area contributed by atoms with E-state index in [1.807, 2.05) is 0 Å². The average Bonchev–Trinajstić information content (AvgIpc) is 2.15. The number of para-hydroxylation sites is 1. The van der Waals surface area contributed by atoms with Crippen LogP contribution in [-0.4, -0.2) is 11.1 Å².